The van der Waals surface area contributed by atoms with Gasteiger partial charge in [-0.2, -0.15) is 0 Å². The molecule has 0 atom stereocenters. The number of benzene rings is 3. The molecule has 0 aliphatic carbocycles. The lowest BCUT2D eigenvalue weighted by atomic mass is 10.2. The summed E-state index contributed by atoms with van der Waals surface area (Å²) in [5.41, 5.74) is 4.02. The first-order chi connectivity index (χ1) is 11.6. The molecule has 0 amide bonds. The molecule has 0 aromatic heterocycles. The van der Waals surface area contributed by atoms with Crippen molar-refractivity contribution >= 4 is 23.2 Å². The number of hydrogen-bond acceptors (Lipinski definition) is 0. The fraction of sp³-hybridized carbons (Fsp3) is 0.217. The topological polar surface area (TPSA) is 0 Å². The van der Waals surface area contributed by atoms with Crippen molar-refractivity contribution < 1.29 is 17.0 Å². The molecule has 130 valence electrons. The predicted octanol–water partition coefficient (Wildman–Crippen LogP) is 1.93. The zero-order chi connectivity index (χ0) is 17.2. The van der Waals surface area contributed by atoms with Crippen molar-refractivity contribution in [2.75, 3.05) is 6.16 Å². The molecule has 0 bridgehead atoms. The van der Waals surface area contributed by atoms with Crippen LogP contribution in [0.25, 0.3) is 0 Å². The summed E-state index contributed by atoms with van der Waals surface area (Å²) in [7, 11) is -1.61. The molecular formula is C23H26BrP. The summed E-state index contributed by atoms with van der Waals surface area (Å²) in [5, 5.41) is 4.46. The second-order valence-electron chi connectivity index (χ2n) is 6.64. The van der Waals surface area contributed by atoms with Gasteiger partial charge in [-0.3, -0.25) is 0 Å². The van der Waals surface area contributed by atoms with Crippen molar-refractivity contribution in [1.29, 1.82) is 0 Å². The monoisotopic (exact) mass is 412 g/mol. The van der Waals surface area contributed by atoms with E-state index >= 15 is 0 Å². The third-order valence-electron chi connectivity index (χ3n) is 4.80. The minimum Gasteiger partial charge on any atom is -1.00 e. The SMILES string of the molecule is CC[P+](c1cccc(C)c1)(c1cccc(C)c1)c1cccc(C)c1.[Br-]. The Kier molecular flexibility index (Phi) is 6.60. The van der Waals surface area contributed by atoms with Gasteiger partial charge in [0.15, 0.2) is 0 Å². The molecule has 0 N–H and O–H groups in total. The number of hydrogen-bond donors (Lipinski definition) is 0. The van der Waals surface area contributed by atoms with E-state index in [-0.39, 0.29) is 17.0 Å². The van der Waals surface area contributed by atoms with Crippen LogP contribution in [0.5, 0.6) is 0 Å². The van der Waals surface area contributed by atoms with E-state index in [4.69, 9.17) is 0 Å². The Labute approximate surface area is 163 Å². The first-order valence-electron chi connectivity index (χ1n) is 8.66. The summed E-state index contributed by atoms with van der Waals surface area (Å²) < 4.78 is 0. The first-order valence-corrected chi connectivity index (χ1v) is 10.6. The van der Waals surface area contributed by atoms with Crippen LogP contribution < -0.4 is 32.9 Å². The second-order valence-corrected chi connectivity index (χ2v) is 10.4. The number of rotatable bonds is 4. The summed E-state index contributed by atoms with van der Waals surface area (Å²) in [4.78, 5) is 0. The molecule has 0 aliphatic rings. The third kappa shape index (κ3) is 3.89. The molecule has 3 aromatic rings. The molecule has 0 fully saturated rings. The van der Waals surface area contributed by atoms with Gasteiger partial charge in [-0.25, -0.2) is 0 Å². The van der Waals surface area contributed by atoms with Crippen LogP contribution in [-0.2, 0) is 0 Å². The van der Waals surface area contributed by atoms with E-state index in [1.807, 2.05) is 0 Å². The van der Waals surface area contributed by atoms with Crippen LogP contribution >= 0.6 is 7.26 Å². The van der Waals surface area contributed by atoms with Crippen molar-refractivity contribution in [3.63, 3.8) is 0 Å². The highest BCUT2D eigenvalue weighted by Gasteiger charge is 2.43. The largest absolute Gasteiger partial charge is 1.00 e. The van der Waals surface area contributed by atoms with Gasteiger partial charge in [0, 0.05) is 0 Å². The Hall–Kier alpha value is -1.43. The molecule has 3 aromatic carbocycles. The van der Waals surface area contributed by atoms with Gasteiger partial charge in [-0.1, -0.05) is 36.4 Å². The molecule has 25 heavy (non-hydrogen) atoms. The van der Waals surface area contributed by atoms with E-state index in [1.165, 1.54) is 32.6 Å². The minimum atomic E-state index is -1.61. The zero-order valence-corrected chi connectivity index (χ0v) is 17.9. The van der Waals surface area contributed by atoms with Crippen LogP contribution in [0, 0.1) is 20.8 Å². The van der Waals surface area contributed by atoms with E-state index in [2.05, 4.69) is 100 Å². The normalized spacial score (nSPS) is 11.0. The highest BCUT2D eigenvalue weighted by molar-refractivity contribution is 7.95. The summed E-state index contributed by atoms with van der Waals surface area (Å²) in [6.45, 7) is 8.93. The molecule has 0 unspecified atom stereocenters. The third-order valence-corrected chi connectivity index (χ3v) is 9.23. The van der Waals surface area contributed by atoms with Gasteiger partial charge in [-0.15, -0.1) is 0 Å². The van der Waals surface area contributed by atoms with Crippen LogP contribution in [0.15, 0.2) is 72.8 Å². The van der Waals surface area contributed by atoms with E-state index in [0.29, 0.717) is 0 Å². The lowest BCUT2D eigenvalue weighted by Gasteiger charge is -2.27. The van der Waals surface area contributed by atoms with Crippen molar-refractivity contribution in [2.24, 2.45) is 0 Å². The first kappa shape index (κ1) is 19.9. The molecule has 0 spiro atoms. The molecule has 3 rings (SSSR count). The molecule has 0 saturated heterocycles. The Bertz CT molecular complexity index is 743. The lowest BCUT2D eigenvalue weighted by Crippen LogP contribution is -3.00. The standard InChI is InChI=1S/C23H26P.BrH/c1-5-24(21-12-6-9-18(2)15-21,22-13-7-10-19(3)16-22)23-14-8-11-20(4)17-23;/h6-17H,5H2,1-4H3;1H/q+1;/p-1. The van der Waals surface area contributed by atoms with Crippen LogP contribution in [-0.4, -0.2) is 6.16 Å². The van der Waals surface area contributed by atoms with Crippen molar-refractivity contribution in [3.8, 4) is 0 Å². The maximum atomic E-state index is 2.39. The second kappa shape index (κ2) is 8.30. The maximum absolute atomic E-state index is 2.39. The smallest absolute Gasteiger partial charge is 0.111 e. The molecule has 2 heteroatoms. The Morgan fingerprint density at radius 1 is 0.600 bits per heavy atom. The fourth-order valence-corrected chi connectivity index (χ4v) is 7.87. The van der Waals surface area contributed by atoms with Crippen LogP contribution in [0.2, 0.25) is 0 Å². The Morgan fingerprint density at radius 2 is 0.920 bits per heavy atom. The minimum absolute atomic E-state index is 0. The summed E-state index contributed by atoms with van der Waals surface area (Å²) >= 11 is 0. The molecule has 0 aliphatic heterocycles. The average molecular weight is 413 g/mol. The highest BCUT2D eigenvalue weighted by atomic mass is 79.9. The Balaban J connectivity index is 0.00000225. The summed E-state index contributed by atoms with van der Waals surface area (Å²) in [6, 6.07) is 27.4. The van der Waals surface area contributed by atoms with Crippen molar-refractivity contribution in [1.82, 2.24) is 0 Å². The van der Waals surface area contributed by atoms with E-state index in [0.717, 1.165) is 6.16 Å². The van der Waals surface area contributed by atoms with Crippen LogP contribution in [0.4, 0.5) is 0 Å². The quantitative estimate of drug-likeness (QED) is 0.574. The maximum Gasteiger partial charge on any atom is 0.111 e. The Morgan fingerprint density at radius 3 is 1.16 bits per heavy atom. The lowest BCUT2D eigenvalue weighted by molar-refractivity contribution is -0.00000500. The van der Waals surface area contributed by atoms with Gasteiger partial charge in [0.25, 0.3) is 0 Å². The van der Waals surface area contributed by atoms with E-state index < -0.39 is 7.26 Å². The molecule has 0 saturated carbocycles. The highest BCUT2D eigenvalue weighted by Crippen LogP contribution is 2.55. The van der Waals surface area contributed by atoms with E-state index in [1.54, 1.807) is 0 Å². The van der Waals surface area contributed by atoms with Gasteiger partial charge < -0.3 is 17.0 Å². The van der Waals surface area contributed by atoms with Crippen molar-refractivity contribution in [3.05, 3.63) is 89.5 Å². The molecule has 0 nitrogen and oxygen atoms in total. The fourth-order valence-electron chi connectivity index (χ4n) is 3.59. The van der Waals surface area contributed by atoms with Gasteiger partial charge in [-0.05, 0) is 80.8 Å². The average Bonchev–Trinajstić information content (AvgIpc) is 2.56. The van der Waals surface area contributed by atoms with Gasteiger partial charge in [0.1, 0.15) is 23.2 Å². The van der Waals surface area contributed by atoms with Gasteiger partial charge in [0.2, 0.25) is 0 Å². The molecule has 0 heterocycles. The van der Waals surface area contributed by atoms with Crippen LogP contribution in [0.1, 0.15) is 23.6 Å². The van der Waals surface area contributed by atoms with Crippen molar-refractivity contribution in [2.45, 2.75) is 27.7 Å². The van der Waals surface area contributed by atoms with Gasteiger partial charge in [0.05, 0.1) is 6.16 Å². The van der Waals surface area contributed by atoms with Crippen LogP contribution in [0.3, 0.4) is 0 Å². The molecule has 0 radical (unpaired) electrons. The number of aryl methyl sites for hydroxylation is 3. The number of halogens is 1. The summed E-state index contributed by atoms with van der Waals surface area (Å²) in [6.07, 6.45) is 1.14. The molecular weight excluding hydrogens is 387 g/mol. The summed E-state index contributed by atoms with van der Waals surface area (Å²) in [5.74, 6) is 0. The van der Waals surface area contributed by atoms with Gasteiger partial charge >= 0.3 is 0 Å². The van der Waals surface area contributed by atoms with E-state index in [9.17, 15) is 0 Å². The predicted molar refractivity (Wildman–Crippen MR) is 110 cm³/mol. The zero-order valence-electron chi connectivity index (χ0n) is 15.5.